The Morgan fingerprint density at radius 1 is 1.30 bits per heavy atom. The Morgan fingerprint density at radius 2 is 2.04 bits per heavy atom. The van der Waals surface area contributed by atoms with Crippen LogP contribution in [0.25, 0.3) is 0 Å². The third kappa shape index (κ3) is 9.59. The van der Waals surface area contributed by atoms with Crippen LogP contribution in [0.5, 0.6) is 0 Å². The molecule has 1 amide bonds. The molecule has 1 heterocycles. The number of guanidine groups is 1. The molecular formula is C18H29ClIN5O2. The number of carbonyl (C=O) groups is 1. The second-order valence-electron chi connectivity index (χ2n) is 6.32. The number of ether oxygens (including phenoxy) is 1. The van der Waals surface area contributed by atoms with E-state index in [0.29, 0.717) is 17.5 Å². The molecule has 2 N–H and O–H groups in total. The van der Waals surface area contributed by atoms with E-state index in [1.165, 1.54) is 0 Å². The molecule has 0 spiro atoms. The van der Waals surface area contributed by atoms with E-state index in [0.717, 1.165) is 45.0 Å². The van der Waals surface area contributed by atoms with Gasteiger partial charge in [-0.2, -0.15) is 0 Å². The van der Waals surface area contributed by atoms with Crippen molar-refractivity contribution in [3.8, 4) is 0 Å². The fraction of sp³-hybridized carbons (Fsp3) is 0.556. The zero-order valence-electron chi connectivity index (χ0n) is 15.9. The summed E-state index contributed by atoms with van der Waals surface area (Å²) in [5.74, 6) is 0.615. The smallest absolute Gasteiger partial charge is 0.241 e. The summed E-state index contributed by atoms with van der Waals surface area (Å²) >= 11 is 6.02. The molecule has 1 saturated heterocycles. The number of halogens is 2. The highest BCUT2D eigenvalue weighted by Crippen LogP contribution is 2.11. The van der Waals surface area contributed by atoms with Crippen LogP contribution in [0.15, 0.2) is 29.3 Å². The van der Waals surface area contributed by atoms with Crippen LogP contribution in [0.3, 0.4) is 0 Å². The number of rotatable bonds is 7. The van der Waals surface area contributed by atoms with Gasteiger partial charge in [-0.05, 0) is 17.7 Å². The van der Waals surface area contributed by atoms with Crippen molar-refractivity contribution in [3.05, 3.63) is 34.9 Å². The summed E-state index contributed by atoms with van der Waals surface area (Å²) in [6.45, 7) is 5.80. The van der Waals surface area contributed by atoms with Gasteiger partial charge in [0.05, 0.1) is 26.3 Å². The summed E-state index contributed by atoms with van der Waals surface area (Å²) < 4.78 is 5.36. The number of morpholine rings is 1. The maximum absolute atomic E-state index is 11.8. The van der Waals surface area contributed by atoms with Crippen molar-refractivity contribution in [2.24, 2.45) is 4.99 Å². The average molecular weight is 510 g/mol. The van der Waals surface area contributed by atoms with Gasteiger partial charge in [-0.3, -0.25) is 9.69 Å². The van der Waals surface area contributed by atoms with Crippen molar-refractivity contribution >= 4 is 47.4 Å². The fourth-order valence-electron chi connectivity index (χ4n) is 2.45. The largest absolute Gasteiger partial charge is 0.379 e. The van der Waals surface area contributed by atoms with Crippen LogP contribution in [0, 0.1) is 0 Å². The summed E-state index contributed by atoms with van der Waals surface area (Å²) in [6, 6.07) is 7.61. The summed E-state index contributed by atoms with van der Waals surface area (Å²) in [6.07, 6.45) is 0. The summed E-state index contributed by atoms with van der Waals surface area (Å²) in [5.41, 5.74) is 1.02. The van der Waals surface area contributed by atoms with Crippen LogP contribution in [0.4, 0.5) is 0 Å². The molecule has 1 aliphatic heterocycles. The molecule has 0 saturated carbocycles. The zero-order valence-corrected chi connectivity index (χ0v) is 19.0. The molecule has 0 bridgehead atoms. The Kier molecular flexibility index (Phi) is 11.7. The van der Waals surface area contributed by atoms with Crippen LogP contribution in [-0.2, 0) is 16.1 Å². The molecule has 0 unspecified atom stereocenters. The van der Waals surface area contributed by atoms with Gasteiger partial charge in [0.15, 0.2) is 5.96 Å². The molecule has 0 aliphatic carbocycles. The molecule has 152 valence electrons. The monoisotopic (exact) mass is 509 g/mol. The molecule has 7 nitrogen and oxygen atoms in total. The first kappa shape index (κ1) is 23.9. The topological polar surface area (TPSA) is 69.2 Å². The number of benzene rings is 1. The maximum Gasteiger partial charge on any atom is 0.241 e. The highest BCUT2D eigenvalue weighted by Gasteiger charge is 2.10. The van der Waals surface area contributed by atoms with E-state index >= 15 is 0 Å². The Balaban J connectivity index is 0.00000364. The number of carbonyl (C=O) groups excluding carboxylic acids is 1. The van der Waals surface area contributed by atoms with Crippen LogP contribution < -0.4 is 10.6 Å². The Hall–Kier alpha value is -1.10. The van der Waals surface area contributed by atoms with E-state index in [-0.39, 0.29) is 36.4 Å². The summed E-state index contributed by atoms with van der Waals surface area (Å²) in [4.78, 5) is 20.3. The van der Waals surface area contributed by atoms with Crippen LogP contribution in [0.2, 0.25) is 5.02 Å². The zero-order chi connectivity index (χ0) is 18.8. The lowest BCUT2D eigenvalue weighted by Gasteiger charge is -2.26. The van der Waals surface area contributed by atoms with E-state index < -0.39 is 0 Å². The standard InChI is InChI=1S/C18H28ClN5O2.HI/c1-23(2)17(25)14-22-18(20-6-7-24-8-10-26-11-9-24)21-13-15-4-3-5-16(19)12-15;/h3-5,12H,6-11,13-14H2,1-2H3,(H2,20,21,22);1H. The number of likely N-dealkylation sites (N-methyl/N-ethyl adjacent to an activating group) is 1. The third-order valence-electron chi connectivity index (χ3n) is 4.04. The highest BCUT2D eigenvalue weighted by atomic mass is 127. The molecule has 9 heteroatoms. The van der Waals surface area contributed by atoms with Crippen LogP contribution in [0.1, 0.15) is 5.56 Å². The first-order chi connectivity index (χ1) is 12.5. The number of hydrogen-bond acceptors (Lipinski definition) is 4. The molecule has 1 aromatic rings. The Morgan fingerprint density at radius 3 is 2.70 bits per heavy atom. The molecule has 0 radical (unpaired) electrons. The predicted molar refractivity (Wildman–Crippen MR) is 120 cm³/mol. The van der Waals surface area contributed by atoms with Gasteiger partial charge in [-0.1, -0.05) is 23.7 Å². The average Bonchev–Trinajstić information content (AvgIpc) is 2.64. The molecule has 0 atom stereocenters. The van der Waals surface area contributed by atoms with Gasteiger partial charge in [0.1, 0.15) is 0 Å². The van der Waals surface area contributed by atoms with Gasteiger partial charge in [0.2, 0.25) is 5.91 Å². The lowest BCUT2D eigenvalue weighted by Crippen LogP contribution is -2.46. The third-order valence-corrected chi connectivity index (χ3v) is 4.27. The molecular weight excluding hydrogens is 481 g/mol. The van der Waals surface area contributed by atoms with Crippen molar-refractivity contribution in [2.45, 2.75) is 6.54 Å². The van der Waals surface area contributed by atoms with Gasteiger partial charge >= 0.3 is 0 Å². The van der Waals surface area contributed by atoms with E-state index in [1.807, 2.05) is 24.3 Å². The van der Waals surface area contributed by atoms with Crippen molar-refractivity contribution < 1.29 is 9.53 Å². The quantitative estimate of drug-likeness (QED) is 0.331. The van der Waals surface area contributed by atoms with E-state index in [2.05, 4.69) is 20.5 Å². The van der Waals surface area contributed by atoms with Crippen molar-refractivity contribution in [3.63, 3.8) is 0 Å². The number of nitrogens with zero attached hydrogens (tertiary/aromatic N) is 3. The number of hydrogen-bond donors (Lipinski definition) is 2. The molecule has 27 heavy (non-hydrogen) atoms. The van der Waals surface area contributed by atoms with Gasteiger partial charge in [-0.25, -0.2) is 4.99 Å². The normalized spacial score (nSPS) is 15.0. The minimum absolute atomic E-state index is 0. The minimum Gasteiger partial charge on any atom is -0.379 e. The van der Waals surface area contributed by atoms with E-state index in [9.17, 15) is 4.79 Å². The SMILES string of the molecule is CN(C)C(=O)CNC(=NCc1cccc(Cl)c1)NCCN1CCOCC1.I. The van der Waals surface area contributed by atoms with Gasteiger partial charge < -0.3 is 20.3 Å². The van der Waals surface area contributed by atoms with Crippen LogP contribution >= 0.6 is 35.6 Å². The second kappa shape index (κ2) is 13.1. The second-order valence-corrected chi connectivity index (χ2v) is 6.75. The van der Waals surface area contributed by atoms with E-state index in [1.54, 1.807) is 19.0 Å². The predicted octanol–water partition coefficient (Wildman–Crippen LogP) is 1.41. The maximum atomic E-state index is 11.8. The molecule has 0 aromatic heterocycles. The van der Waals surface area contributed by atoms with Crippen molar-refractivity contribution in [1.29, 1.82) is 0 Å². The first-order valence-electron chi connectivity index (χ1n) is 8.81. The Bertz CT molecular complexity index is 609. The van der Waals surface area contributed by atoms with Gasteiger partial charge in [0.25, 0.3) is 0 Å². The minimum atomic E-state index is -0.00423. The number of nitrogens with one attached hydrogen (secondary N) is 2. The summed E-state index contributed by atoms with van der Waals surface area (Å²) in [5, 5.41) is 7.08. The summed E-state index contributed by atoms with van der Waals surface area (Å²) in [7, 11) is 3.47. The number of amides is 1. The van der Waals surface area contributed by atoms with Crippen molar-refractivity contribution in [2.75, 3.05) is 60.0 Å². The highest BCUT2D eigenvalue weighted by molar-refractivity contribution is 14.0. The molecule has 1 aliphatic rings. The van der Waals surface area contributed by atoms with Gasteiger partial charge in [0, 0.05) is 45.3 Å². The van der Waals surface area contributed by atoms with Crippen LogP contribution in [-0.4, -0.2) is 81.7 Å². The fourth-order valence-corrected chi connectivity index (χ4v) is 2.67. The molecule has 2 rings (SSSR count). The van der Waals surface area contributed by atoms with Crippen molar-refractivity contribution in [1.82, 2.24) is 20.4 Å². The lowest BCUT2D eigenvalue weighted by molar-refractivity contribution is -0.127. The molecule has 1 fully saturated rings. The Labute approximate surface area is 183 Å². The molecule has 1 aromatic carbocycles. The lowest BCUT2D eigenvalue weighted by atomic mass is 10.2. The number of aliphatic imine (C=N–C) groups is 1. The van der Waals surface area contributed by atoms with E-state index in [4.69, 9.17) is 16.3 Å². The van der Waals surface area contributed by atoms with Gasteiger partial charge in [-0.15, -0.1) is 24.0 Å². The first-order valence-corrected chi connectivity index (χ1v) is 9.19.